The lowest BCUT2D eigenvalue weighted by atomic mass is 9.91. The van der Waals surface area contributed by atoms with E-state index >= 15 is 0 Å². The van der Waals surface area contributed by atoms with Crippen molar-refractivity contribution < 1.29 is 19.8 Å². The number of nitrogens with two attached hydrogens (primary N) is 2. The summed E-state index contributed by atoms with van der Waals surface area (Å²) in [7, 11) is 0. The van der Waals surface area contributed by atoms with Gasteiger partial charge in [0.1, 0.15) is 5.01 Å². The highest BCUT2D eigenvalue weighted by atomic mass is 32.2. The second kappa shape index (κ2) is 15.8. The zero-order valence-electron chi connectivity index (χ0n) is 29.0. The van der Waals surface area contributed by atoms with Gasteiger partial charge in [-0.1, -0.05) is 67.3 Å². The minimum absolute atomic E-state index is 0.0931. The van der Waals surface area contributed by atoms with Crippen LogP contribution in [0.5, 0.6) is 0 Å². The van der Waals surface area contributed by atoms with Gasteiger partial charge in [0.2, 0.25) is 0 Å². The minimum Gasteiger partial charge on any atom is -0.478 e. The van der Waals surface area contributed by atoms with Crippen molar-refractivity contribution in [2.24, 2.45) is 20.5 Å². The summed E-state index contributed by atoms with van der Waals surface area (Å²) in [6.45, 7) is 7.62. The first-order chi connectivity index (χ1) is 25.7. The van der Waals surface area contributed by atoms with Crippen molar-refractivity contribution in [3.63, 3.8) is 0 Å². The van der Waals surface area contributed by atoms with Gasteiger partial charge in [0.25, 0.3) is 10.3 Å². The highest BCUT2D eigenvalue weighted by Crippen LogP contribution is 2.39. The molecule has 1 atom stereocenters. The molecular weight excluding hydrogens is 773 g/mol. The summed E-state index contributed by atoms with van der Waals surface area (Å²) >= 11 is 8.51. The van der Waals surface area contributed by atoms with Gasteiger partial charge in [-0.15, -0.1) is 40.9 Å². The van der Waals surface area contributed by atoms with Crippen LogP contribution in [0.4, 0.5) is 33.3 Å². The van der Waals surface area contributed by atoms with Crippen molar-refractivity contribution in [1.82, 2.24) is 40.0 Å². The number of nitrogens with zero attached hydrogens (tertiary/aromatic N) is 12. The fourth-order valence-electron chi connectivity index (χ4n) is 4.91. The third-order valence-electron chi connectivity index (χ3n) is 7.62. The second-order valence-corrected chi connectivity index (χ2v) is 16.1. The molecule has 278 valence electrons. The lowest BCUT2D eigenvalue weighted by Gasteiger charge is -2.15. The number of hydrogen-bond donors (Lipinski definition) is 5. The first kappa shape index (κ1) is 38.2. The number of thiol groups is 1. The molecule has 22 heteroatoms. The Hall–Kier alpha value is -5.58. The number of hydrogen-bond acceptors (Lipinski definition) is 18. The molecule has 4 aromatic heterocycles. The molecule has 6 aromatic rings. The Kier molecular flexibility index (Phi) is 11.2. The van der Waals surface area contributed by atoms with Gasteiger partial charge in [0, 0.05) is 22.8 Å². The number of aromatic carboxylic acids is 2. The molecule has 0 bridgehead atoms. The smallest absolute Gasteiger partial charge is 0.335 e. The maximum absolute atomic E-state index is 11.5. The van der Waals surface area contributed by atoms with Gasteiger partial charge in [-0.3, -0.25) is 0 Å². The van der Waals surface area contributed by atoms with E-state index in [9.17, 15) is 19.8 Å². The number of carboxylic acids is 2. The van der Waals surface area contributed by atoms with Crippen LogP contribution in [0.25, 0.3) is 11.4 Å². The van der Waals surface area contributed by atoms with Crippen LogP contribution in [0.3, 0.4) is 0 Å². The molecule has 0 amide bonds. The quantitative estimate of drug-likeness (QED) is 0.0429. The summed E-state index contributed by atoms with van der Waals surface area (Å²) in [4.78, 5) is 23.0. The van der Waals surface area contributed by atoms with Gasteiger partial charge in [-0.05, 0) is 43.3 Å². The Morgan fingerprint density at radius 1 is 0.833 bits per heavy atom. The van der Waals surface area contributed by atoms with Crippen molar-refractivity contribution >= 4 is 92.3 Å². The summed E-state index contributed by atoms with van der Waals surface area (Å²) in [5.41, 5.74) is 15.3. The Morgan fingerprint density at radius 3 is 1.98 bits per heavy atom. The van der Waals surface area contributed by atoms with E-state index in [1.54, 1.807) is 31.2 Å². The number of benzene rings is 2. The number of aromatic nitrogens is 8. The lowest BCUT2D eigenvalue weighted by molar-refractivity contribution is 0.0686. The zero-order chi connectivity index (χ0) is 38.7. The third kappa shape index (κ3) is 8.30. The number of carboxylic acid groups (broad SMARTS) is 2. The Balaban J connectivity index is 1.13. The zero-order valence-corrected chi connectivity index (χ0v) is 32.4. The number of carbonyl (C=O) groups is 2. The van der Waals surface area contributed by atoms with Crippen molar-refractivity contribution in [3.8, 4) is 11.4 Å². The van der Waals surface area contributed by atoms with Gasteiger partial charge in [0.05, 0.1) is 33.9 Å². The van der Waals surface area contributed by atoms with Gasteiger partial charge in [-0.25, -0.2) is 19.0 Å². The van der Waals surface area contributed by atoms with Crippen LogP contribution in [0.1, 0.15) is 63.8 Å². The normalized spacial score (nSPS) is 12.6. The molecule has 0 spiro atoms. The molecule has 0 aliphatic carbocycles. The summed E-state index contributed by atoms with van der Waals surface area (Å²) < 4.78 is 3.52. The van der Waals surface area contributed by atoms with Gasteiger partial charge >= 0.3 is 11.9 Å². The Bertz CT molecular complexity index is 2410. The molecule has 0 saturated heterocycles. The summed E-state index contributed by atoms with van der Waals surface area (Å²) in [5.74, 6) is -0.775. The maximum Gasteiger partial charge on any atom is 0.335 e. The average Bonchev–Trinajstić information content (AvgIpc) is 3.93. The SMILES string of the molecule is Cc1nn(-c2cccc(C(=O)O)c2)c(N)c1N=Nc1nnc(C(CS)CSc2nnc(N=Nc3c(C(C)(C)C)nn(-c4cccc(C(=O)O)c4)c3N)s2)s1. The number of nitrogen functional groups attached to an aromatic ring is 2. The number of thioether (sulfide) groups is 1. The van der Waals surface area contributed by atoms with E-state index in [4.69, 9.17) is 11.5 Å². The summed E-state index contributed by atoms with van der Waals surface area (Å²) in [5, 5.41) is 63.3. The fraction of sp³-hybridized carbons (Fsp3) is 0.250. The molecule has 6 rings (SSSR count). The van der Waals surface area contributed by atoms with Gasteiger partial charge in [-0.2, -0.15) is 22.8 Å². The fourth-order valence-corrected chi connectivity index (χ4v) is 8.17. The summed E-state index contributed by atoms with van der Waals surface area (Å²) in [6, 6.07) is 12.6. The first-order valence-electron chi connectivity index (χ1n) is 15.9. The predicted molar refractivity (Wildman–Crippen MR) is 209 cm³/mol. The summed E-state index contributed by atoms with van der Waals surface area (Å²) in [6.07, 6.45) is 0. The van der Waals surface area contributed by atoms with E-state index in [-0.39, 0.29) is 28.7 Å². The molecule has 6 N–H and O–H groups in total. The van der Waals surface area contributed by atoms with Crippen molar-refractivity contribution in [1.29, 1.82) is 0 Å². The van der Waals surface area contributed by atoms with Crippen LogP contribution in [-0.4, -0.2) is 73.6 Å². The third-order valence-corrected chi connectivity index (χ3v) is 11.1. The first-order valence-corrected chi connectivity index (χ1v) is 19.1. The van der Waals surface area contributed by atoms with Crippen LogP contribution in [0.2, 0.25) is 0 Å². The van der Waals surface area contributed by atoms with E-state index < -0.39 is 17.4 Å². The van der Waals surface area contributed by atoms with E-state index in [2.05, 4.69) is 63.7 Å². The molecular formula is C32H32N14O4S4. The molecule has 0 saturated carbocycles. The average molecular weight is 805 g/mol. The standard InChI is InChI=1S/C32H32N14O4S4/c1-15-21(24(33)45(43-15)19-9-5-7-16(11-19)27(47)48)35-38-29-40-37-26(53-29)18(13-51)14-52-31-42-41-30(54-31)39-36-22-23(32(2,3)4)44-46(25(22)34)20-10-6-8-17(12-20)28(49)50/h5-12,18,51H,13-14,33-34H2,1-4H3,(H,47,48)(H,49,50). The molecule has 54 heavy (non-hydrogen) atoms. The lowest BCUT2D eigenvalue weighted by Crippen LogP contribution is -2.13. The minimum atomic E-state index is -1.06. The number of anilines is 2. The van der Waals surface area contributed by atoms with Crippen LogP contribution < -0.4 is 11.5 Å². The molecule has 18 nitrogen and oxygen atoms in total. The van der Waals surface area contributed by atoms with Crippen molar-refractivity contribution in [2.75, 3.05) is 23.0 Å². The van der Waals surface area contributed by atoms with Gasteiger partial charge < -0.3 is 21.7 Å². The van der Waals surface area contributed by atoms with Crippen LogP contribution in [0, 0.1) is 6.92 Å². The van der Waals surface area contributed by atoms with E-state index in [0.29, 0.717) is 65.3 Å². The number of azo groups is 2. The topological polar surface area (TPSA) is 263 Å². The maximum atomic E-state index is 11.5. The van der Waals surface area contributed by atoms with E-state index in [1.807, 2.05) is 20.8 Å². The molecule has 2 aromatic carbocycles. The number of aryl methyl sites for hydroxylation is 1. The van der Waals surface area contributed by atoms with Crippen molar-refractivity contribution in [3.05, 3.63) is 76.1 Å². The van der Waals surface area contributed by atoms with Gasteiger partial charge in [0.15, 0.2) is 27.4 Å². The largest absolute Gasteiger partial charge is 0.478 e. The number of rotatable bonds is 13. The Labute approximate surface area is 324 Å². The van der Waals surface area contributed by atoms with Crippen LogP contribution >= 0.6 is 47.1 Å². The van der Waals surface area contributed by atoms with Crippen LogP contribution in [0.15, 0.2) is 73.3 Å². The van der Waals surface area contributed by atoms with E-state index in [1.165, 1.54) is 68.1 Å². The molecule has 4 heterocycles. The predicted octanol–water partition coefficient (Wildman–Crippen LogP) is 7.56. The van der Waals surface area contributed by atoms with Crippen LogP contribution in [-0.2, 0) is 5.41 Å². The highest BCUT2D eigenvalue weighted by molar-refractivity contribution is 8.01. The highest BCUT2D eigenvalue weighted by Gasteiger charge is 2.27. The second-order valence-electron chi connectivity index (χ2n) is 12.6. The molecule has 0 fully saturated rings. The molecule has 0 aliphatic rings. The molecule has 0 aliphatic heterocycles. The van der Waals surface area contributed by atoms with E-state index in [0.717, 1.165) is 0 Å². The molecule has 0 radical (unpaired) electrons. The molecule has 1 unspecified atom stereocenters. The van der Waals surface area contributed by atoms with Crippen molar-refractivity contribution in [2.45, 2.75) is 43.4 Å². The Morgan fingerprint density at radius 2 is 1.39 bits per heavy atom. The monoisotopic (exact) mass is 804 g/mol.